The minimum absolute atomic E-state index is 0.0558. The van der Waals surface area contributed by atoms with Crippen LogP contribution in [0.1, 0.15) is 31.3 Å². The molecule has 0 aromatic carbocycles. The molecular formula is C13H19N3O3. The van der Waals surface area contributed by atoms with E-state index in [0.29, 0.717) is 18.3 Å². The van der Waals surface area contributed by atoms with Gasteiger partial charge in [0, 0.05) is 6.54 Å². The number of pyridine rings is 1. The molecule has 0 aliphatic heterocycles. The van der Waals surface area contributed by atoms with E-state index in [1.807, 2.05) is 13.8 Å². The molecule has 0 spiro atoms. The van der Waals surface area contributed by atoms with Crippen molar-refractivity contribution in [2.45, 2.75) is 26.8 Å². The number of rotatable bonds is 6. The van der Waals surface area contributed by atoms with Gasteiger partial charge >= 0.3 is 5.97 Å². The van der Waals surface area contributed by atoms with Gasteiger partial charge in [0.2, 0.25) is 5.91 Å². The molecule has 0 fully saturated rings. The molecule has 0 saturated heterocycles. The summed E-state index contributed by atoms with van der Waals surface area (Å²) >= 11 is 0. The molecule has 6 heteroatoms. The van der Waals surface area contributed by atoms with Gasteiger partial charge in [0.15, 0.2) is 5.69 Å². The van der Waals surface area contributed by atoms with E-state index in [-0.39, 0.29) is 11.6 Å². The van der Waals surface area contributed by atoms with E-state index in [9.17, 15) is 9.59 Å². The molecule has 3 N–H and O–H groups in total. The molecule has 0 radical (unpaired) electrons. The summed E-state index contributed by atoms with van der Waals surface area (Å²) in [6, 6.07) is 4.13. The number of aromatic carboxylic acids is 1. The third kappa shape index (κ3) is 4.95. The van der Waals surface area contributed by atoms with Gasteiger partial charge in [0.25, 0.3) is 0 Å². The fourth-order valence-electron chi connectivity index (χ4n) is 1.38. The maximum Gasteiger partial charge on any atom is 0.354 e. The largest absolute Gasteiger partial charge is 0.477 e. The zero-order valence-electron chi connectivity index (χ0n) is 11.3. The molecule has 1 aromatic heterocycles. The predicted molar refractivity (Wildman–Crippen MR) is 72.1 cm³/mol. The van der Waals surface area contributed by atoms with Crippen LogP contribution in [0.3, 0.4) is 0 Å². The lowest BCUT2D eigenvalue weighted by atomic mass is 10.2. The second kappa shape index (κ2) is 6.72. The number of anilines is 1. The fraction of sp³-hybridized carbons (Fsp3) is 0.462. The molecule has 1 atom stereocenters. The highest BCUT2D eigenvalue weighted by Gasteiger charge is 2.14. The Kier molecular flexibility index (Phi) is 5.29. The second-order valence-electron chi connectivity index (χ2n) is 4.72. The van der Waals surface area contributed by atoms with E-state index in [2.05, 4.69) is 15.6 Å². The molecule has 1 heterocycles. The summed E-state index contributed by atoms with van der Waals surface area (Å²) in [5.41, 5.74) is -0.0558. The highest BCUT2D eigenvalue weighted by molar-refractivity contribution is 5.86. The third-order valence-electron chi connectivity index (χ3n) is 2.41. The topological polar surface area (TPSA) is 91.3 Å². The first kappa shape index (κ1) is 14.9. The summed E-state index contributed by atoms with van der Waals surface area (Å²) in [5, 5.41) is 14.5. The summed E-state index contributed by atoms with van der Waals surface area (Å²) in [7, 11) is 0. The summed E-state index contributed by atoms with van der Waals surface area (Å²) in [6.07, 6.45) is 0. The number of hydrogen-bond acceptors (Lipinski definition) is 4. The molecule has 0 saturated carbocycles. The summed E-state index contributed by atoms with van der Waals surface area (Å²) in [5.74, 6) is -0.492. The Morgan fingerprint density at radius 3 is 2.58 bits per heavy atom. The normalized spacial score (nSPS) is 12.0. The van der Waals surface area contributed by atoms with Crippen molar-refractivity contribution in [1.29, 1.82) is 0 Å². The Morgan fingerprint density at radius 1 is 1.32 bits per heavy atom. The van der Waals surface area contributed by atoms with Crippen LogP contribution in [0.25, 0.3) is 0 Å². The van der Waals surface area contributed by atoms with Crippen LogP contribution in [0.2, 0.25) is 0 Å². The number of nitrogens with one attached hydrogen (secondary N) is 2. The highest BCUT2D eigenvalue weighted by Crippen LogP contribution is 2.06. The number of aromatic nitrogens is 1. The Labute approximate surface area is 112 Å². The van der Waals surface area contributed by atoms with Crippen molar-refractivity contribution in [2.24, 2.45) is 5.92 Å². The number of hydrogen-bond donors (Lipinski definition) is 3. The van der Waals surface area contributed by atoms with E-state index in [1.165, 1.54) is 6.07 Å². The van der Waals surface area contributed by atoms with Crippen LogP contribution in [0, 0.1) is 5.92 Å². The molecule has 19 heavy (non-hydrogen) atoms. The van der Waals surface area contributed by atoms with Crippen LogP contribution in [0.5, 0.6) is 0 Å². The number of carboxylic acid groups (broad SMARTS) is 1. The Bertz CT molecular complexity index is 460. The predicted octanol–water partition coefficient (Wildman–Crippen LogP) is 1.35. The van der Waals surface area contributed by atoms with Crippen molar-refractivity contribution in [3.8, 4) is 0 Å². The molecule has 0 aliphatic rings. The van der Waals surface area contributed by atoms with Crippen molar-refractivity contribution < 1.29 is 14.7 Å². The number of carbonyl (C=O) groups is 2. The second-order valence-corrected chi connectivity index (χ2v) is 4.72. The average Bonchev–Trinajstić information content (AvgIpc) is 2.36. The molecule has 1 unspecified atom stereocenters. The fourth-order valence-corrected chi connectivity index (χ4v) is 1.38. The van der Waals surface area contributed by atoms with Gasteiger partial charge in [-0.2, -0.15) is 0 Å². The first-order valence-electron chi connectivity index (χ1n) is 6.14. The van der Waals surface area contributed by atoms with E-state index < -0.39 is 12.0 Å². The lowest BCUT2D eigenvalue weighted by molar-refractivity contribution is -0.121. The van der Waals surface area contributed by atoms with E-state index in [1.54, 1.807) is 19.1 Å². The van der Waals surface area contributed by atoms with Gasteiger partial charge in [-0.3, -0.25) is 4.79 Å². The maximum absolute atomic E-state index is 11.8. The van der Waals surface area contributed by atoms with Crippen LogP contribution in [-0.2, 0) is 4.79 Å². The summed E-state index contributed by atoms with van der Waals surface area (Å²) in [6.45, 7) is 6.32. The van der Waals surface area contributed by atoms with Gasteiger partial charge in [-0.25, -0.2) is 9.78 Å². The molecule has 0 bridgehead atoms. The van der Waals surface area contributed by atoms with Crippen LogP contribution < -0.4 is 10.6 Å². The van der Waals surface area contributed by atoms with Gasteiger partial charge in [-0.05, 0) is 25.0 Å². The minimum atomic E-state index is -1.10. The standard InChI is InChI=1S/C13H19N3O3/c1-8(2)7-14-12(17)9(3)15-11-6-4-5-10(16-11)13(18)19/h4-6,8-9H,7H2,1-3H3,(H,14,17)(H,15,16)(H,18,19). The molecule has 104 valence electrons. The van der Waals surface area contributed by atoms with Crippen molar-refractivity contribution in [2.75, 3.05) is 11.9 Å². The first-order chi connectivity index (χ1) is 8.90. The van der Waals surface area contributed by atoms with Crippen LogP contribution in [0.15, 0.2) is 18.2 Å². The zero-order valence-corrected chi connectivity index (χ0v) is 11.3. The van der Waals surface area contributed by atoms with Gasteiger partial charge in [0.1, 0.15) is 11.9 Å². The highest BCUT2D eigenvalue weighted by atomic mass is 16.4. The van der Waals surface area contributed by atoms with Crippen molar-refractivity contribution in [3.05, 3.63) is 23.9 Å². The summed E-state index contributed by atoms with van der Waals surface area (Å²) in [4.78, 5) is 26.4. The Hall–Kier alpha value is -2.11. The quantitative estimate of drug-likeness (QED) is 0.722. The summed E-state index contributed by atoms with van der Waals surface area (Å²) < 4.78 is 0. The molecular weight excluding hydrogens is 246 g/mol. The smallest absolute Gasteiger partial charge is 0.354 e. The minimum Gasteiger partial charge on any atom is -0.477 e. The molecule has 6 nitrogen and oxygen atoms in total. The third-order valence-corrected chi connectivity index (χ3v) is 2.41. The van der Waals surface area contributed by atoms with E-state index in [4.69, 9.17) is 5.11 Å². The SMILES string of the molecule is CC(C)CNC(=O)C(C)Nc1cccc(C(=O)O)n1. The first-order valence-corrected chi connectivity index (χ1v) is 6.14. The maximum atomic E-state index is 11.8. The lowest BCUT2D eigenvalue weighted by Crippen LogP contribution is -2.39. The van der Waals surface area contributed by atoms with Crippen molar-refractivity contribution in [1.82, 2.24) is 10.3 Å². The van der Waals surface area contributed by atoms with Gasteiger partial charge in [-0.1, -0.05) is 19.9 Å². The van der Waals surface area contributed by atoms with Gasteiger partial charge in [-0.15, -0.1) is 0 Å². The van der Waals surface area contributed by atoms with Crippen LogP contribution >= 0.6 is 0 Å². The molecule has 0 aliphatic carbocycles. The van der Waals surface area contributed by atoms with E-state index in [0.717, 1.165) is 0 Å². The average molecular weight is 265 g/mol. The zero-order chi connectivity index (χ0) is 14.4. The van der Waals surface area contributed by atoms with Crippen molar-refractivity contribution in [3.63, 3.8) is 0 Å². The van der Waals surface area contributed by atoms with Crippen molar-refractivity contribution >= 4 is 17.7 Å². The Morgan fingerprint density at radius 2 is 2.00 bits per heavy atom. The molecule has 1 amide bonds. The van der Waals surface area contributed by atoms with Gasteiger partial charge < -0.3 is 15.7 Å². The van der Waals surface area contributed by atoms with Crippen LogP contribution in [0.4, 0.5) is 5.82 Å². The molecule has 1 aromatic rings. The molecule has 1 rings (SSSR count). The number of carbonyl (C=O) groups excluding carboxylic acids is 1. The Balaban J connectivity index is 2.61. The monoisotopic (exact) mass is 265 g/mol. The van der Waals surface area contributed by atoms with Gasteiger partial charge in [0.05, 0.1) is 0 Å². The van der Waals surface area contributed by atoms with E-state index >= 15 is 0 Å². The lowest BCUT2D eigenvalue weighted by Gasteiger charge is -2.15. The number of carboxylic acids is 1. The number of amides is 1. The number of nitrogens with zero attached hydrogens (tertiary/aromatic N) is 1. The van der Waals surface area contributed by atoms with Crippen LogP contribution in [-0.4, -0.2) is 34.6 Å².